The van der Waals surface area contributed by atoms with Crippen molar-refractivity contribution in [3.8, 4) is 5.75 Å². The van der Waals surface area contributed by atoms with E-state index >= 15 is 0 Å². The van der Waals surface area contributed by atoms with E-state index in [-0.39, 0.29) is 0 Å². The van der Waals surface area contributed by atoms with Crippen LogP contribution in [0.15, 0.2) is 72.8 Å². The molecular formula is C24H24N2O2. The van der Waals surface area contributed by atoms with Gasteiger partial charge in [0.1, 0.15) is 5.75 Å². The largest absolute Gasteiger partial charge is 0.417 e. The minimum absolute atomic E-state index is 0.478. The van der Waals surface area contributed by atoms with Gasteiger partial charge in [-0.3, -0.25) is 5.32 Å². The van der Waals surface area contributed by atoms with Crippen LogP contribution in [0.2, 0.25) is 0 Å². The van der Waals surface area contributed by atoms with Gasteiger partial charge in [0.05, 0.1) is 0 Å². The molecule has 28 heavy (non-hydrogen) atoms. The summed E-state index contributed by atoms with van der Waals surface area (Å²) in [5.74, 6) is 0.559. The molecule has 3 aromatic rings. The van der Waals surface area contributed by atoms with Crippen molar-refractivity contribution in [2.45, 2.75) is 26.3 Å². The Morgan fingerprint density at radius 3 is 2.61 bits per heavy atom. The van der Waals surface area contributed by atoms with Gasteiger partial charge in [-0.25, -0.2) is 4.79 Å². The van der Waals surface area contributed by atoms with E-state index in [0.717, 1.165) is 42.9 Å². The first kappa shape index (κ1) is 18.1. The van der Waals surface area contributed by atoms with Crippen molar-refractivity contribution in [1.82, 2.24) is 0 Å². The second kappa shape index (κ2) is 8.17. The normalized spacial score (nSPS) is 13.0. The van der Waals surface area contributed by atoms with Gasteiger partial charge < -0.3 is 9.64 Å². The zero-order chi connectivity index (χ0) is 19.3. The molecule has 0 bridgehead atoms. The summed E-state index contributed by atoms with van der Waals surface area (Å²) < 4.78 is 5.54. The zero-order valence-electron chi connectivity index (χ0n) is 16.0. The SMILES string of the molecule is Cc1ccc(NC(=O)Oc2ccc3c(c2)N(Cc2ccccc2)CCC3)cc1. The summed E-state index contributed by atoms with van der Waals surface area (Å²) in [5.41, 5.74) is 5.59. The first-order valence-electron chi connectivity index (χ1n) is 9.65. The highest BCUT2D eigenvalue weighted by Gasteiger charge is 2.18. The first-order chi connectivity index (χ1) is 13.7. The van der Waals surface area contributed by atoms with E-state index in [0.29, 0.717) is 5.75 Å². The number of amides is 1. The summed E-state index contributed by atoms with van der Waals surface area (Å²) in [5, 5.41) is 2.77. The number of hydrogen-bond donors (Lipinski definition) is 1. The van der Waals surface area contributed by atoms with Crippen LogP contribution in [0.5, 0.6) is 5.75 Å². The Hall–Kier alpha value is -3.27. The molecular weight excluding hydrogens is 348 g/mol. The second-order valence-electron chi connectivity index (χ2n) is 7.18. The van der Waals surface area contributed by atoms with Gasteiger partial charge in [-0.1, -0.05) is 54.1 Å². The van der Waals surface area contributed by atoms with Crippen LogP contribution < -0.4 is 15.0 Å². The number of carbonyl (C=O) groups excluding carboxylic acids is 1. The summed E-state index contributed by atoms with van der Waals surface area (Å²) in [6.07, 6.45) is 1.71. The van der Waals surface area contributed by atoms with Gasteiger partial charge in [0.15, 0.2) is 0 Å². The standard InChI is InChI=1S/C24H24N2O2/c1-18-9-12-21(13-10-18)25-24(27)28-22-14-11-20-8-5-15-26(23(20)16-22)17-19-6-3-2-4-7-19/h2-4,6-7,9-14,16H,5,8,15,17H2,1H3,(H,25,27). The van der Waals surface area contributed by atoms with E-state index in [4.69, 9.17) is 4.74 Å². The van der Waals surface area contributed by atoms with E-state index in [1.165, 1.54) is 11.1 Å². The van der Waals surface area contributed by atoms with Gasteiger partial charge in [-0.05, 0) is 49.1 Å². The van der Waals surface area contributed by atoms with Crippen molar-refractivity contribution in [2.24, 2.45) is 0 Å². The number of carbonyl (C=O) groups is 1. The van der Waals surface area contributed by atoms with Crippen molar-refractivity contribution >= 4 is 17.5 Å². The van der Waals surface area contributed by atoms with Crippen molar-refractivity contribution in [3.63, 3.8) is 0 Å². The molecule has 4 heteroatoms. The van der Waals surface area contributed by atoms with E-state index in [1.54, 1.807) is 0 Å². The highest BCUT2D eigenvalue weighted by atomic mass is 16.6. The summed E-state index contributed by atoms with van der Waals surface area (Å²) in [4.78, 5) is 14.6. The maximum absolute atomic E-state index is 12.3. The first-order valence-corrected chi connectivity index (χ1v) is 9.65. The van der Waals surface area contributed by atoms with Crippen LogP contribution in [-0.2, 0) is 13.0 Å². The fourth-order valence-corrected chi connectivity index (χ4v) is 3.55. The average Bonchev–Trinajstić information content (AvgIpc) is 2.71. The molecule has 0 radical (unpaired) electrons. The summed E-state index contributed by atoms with van der Waals surface area (Å²) in [6, 6.07) is 24.0. The van der Waals surface area contributed by atoms with Crippen molar-refractivity contribution in [1.29, 1.82) is 0 Å². The maximum atomic E-state index is 12.3. The van der Waals surface area contributed by atoms with Crippen LogP contribution in [-0.4, -0.2) is 12.6 Å². The van der Waals surface area contributed by atoms with Gasteiger partial charge in [0, 0.05) is 30.5 Å². The van der Waals surface area contributed by atoms with Crippen molar-refractivity contribution in [2.75, 3.05) is 16.8 Å². The lowest BCUT2D eigenvalue weighted by molar-refractivity contribution is 0.215. The third kappa shape index (κ3) is 4.34. The number of aryl methyl sites for hydroxylation is 2. The van der Waals surface area contributed by atoms with Crippen LogP contribution in [0.3, 0.4) is 0 Å². The quantitative estimate of drug-likeness (QED) is 0.652. The predicted molar refractivity (Wildman–Crippen MR) is 113 cm³/mol. The van der Waals surface area contributed by atoms with Gasteiger partial charge in [-0.2, -0.15) is 0 Å². The molecule has 1 amide bonds. The number of benzene rings is 3. The lowest BCUT2D eigenvalue weighted by Gasteiger charge is -2.31. The molecule has 142 valence electrons. The van der Waals surface area contributed by atoms with E-state index in [1.807, 2.05) is 49.4 Å². The Morgan fingerprint density at radius 1 is 1.04 bits per heavy atom. The molecule has 0 aromatic heterocycles. The molecule has 1 N–H and O–H groups in total. The number of anilines is 2. The molecule has 0 unspecified atom stereocenters. The van der Waals surface area contributed by atoms with E-state index < -0.39 is 6.09 Å². The smallest absolute Gasteiger partial charge is 0.410 e. The monoisotopic (exact) mass is 372 g/mol. The van der Waals surface area contributed by atoms with Crippen molar-refractivity contribution in [3.05, 3.63) is 89.5 Å². The molecule has 0 saturated carbocycles. The molecule has 1 aliphatic heterocycles. The Morgan fingerprint density at radius 2 is 1.82 bits per heavy atom. The number of nitrogens with one attached hydrogen (secondary N) is 1. The molecule has 4 rings (SSSR count). The number of hydrogen-bond acceptors (Lipinski definition) is 3. The Labute approximate surface area is 165 Å². The van der Waals surface area contributed by atoms with Crippen molar-refractivity contribution < 1.29 is 9.53 Å². The summed E-state index contributed by atoms with van der Waals surface area (Å²) >= 11 is 0. The lowest BCUT2D eigenvalue weighted by Crippen LogP contribution is -2.29. The summed E-state index contributed by atoms with van der Waals surface area (Å²) in [6.45, 7) is 3.87. The van der Waals surface area contributed by atoms with Crippen LogP contribution in [0.4, 0.5) is 16.2 Å². The molecule has 3 aromatic carbocycles. The van der Waals surface area contributed by atoms with Crippen LogP contribution in [0, 0.1) is 6.92 Å². The third-order valence-corrected chi connectivity index (χ3v) is 5.00. The second-order valence-corrected chi connectivity index (χ2v) is 7.18. The molecule has 0 saturated heterocycles. The van der Waals surface area contributed by atoms with Crippen LogP contribution in [0.1, 0.15) is 23.1 Å². The van der Waals surface area contributed by atoms with Gasteiger partial charge >= 0.3 is 6.09 Å². The van der Waals surface area contributed by atoms with Gasteiger partial charge in [0.2, 0.25) is 0 Å². The number of ether oxygens (including phenoxy) is 1. The molecule has 0 aliphatic carbocycles. The van der Waals surface area contributed by atoms with E-state index in [2.05, 4.69) is 40.5 Å². The number of rotatable bonds is 4. The molecule has 1 heterocycles. The summed E-state index contributed by atoms with van der Waals surface area (Å²) in [7, 11) is 0. The predicted octanol–water partition coefficient (Wildman–Crippen LogP) is 5.56. The number of nitrogens with zero attached hydrogens (tertiary/aromatic N) is 1. The lowest BCUT2D eigenvalue weighted by atomic mass is 10.0. The van der Waals surface area contributed by atoms with Crippen LogP contribution in [0.25, 0.3) is 0 Å². The van der Waals surface area contributed by atoms with Gasteiger partial charge in [0.25, 0.3) is 0 Å². The Bertz CT molecular complexity index is 952. The minimum Gasteiger partial charge on any atom is -0.410 e. The Kier molecular flexibility index (Phi) is 5.29. The fraction of sp³-hybridized carbons (Fsp3) is 0.208. The Balaban J connectivity index is 1.48. The minimum atomic E-state index is -0.478. The highest BCUT2D eigenvalue weighted by molar-refractivity contribution is 5.86. The molecule has 0 fully saturated rings. The maximum Gasteiger partial charge on any atom is 0.417 e. The van der Waals surface area contributed by atoms with E-state index in [9.17, 15) is 4.79 Å². The number of fused-ring (bicyclic) bond motifs is 1. The van der Waals surface area contributed by atoms with Crippen LogP contribution >= 0.6 is 0 Å². The zero-order valence-corrected chi connectivity index (χ0v) is 16.0. The molecule has 4 nitrogen and oxygen atoms in total. The molecule has 1 aliphatic rings. The third-order valence-electron chi connectivity index (χ3n) is 5.00. The fourth-order valence-electron chi connectivity index (χ4n) is 3.55. The topological polar surface area (TPSA) is 41.6 Å². The molecule has 0 spiro atoms. The molecule has 0 atom stereocenters. The van der Waals surface area contributed by atoms with Gasteiger partial charge in [-0.15, -0.1) is 0 Å². The average molecular weight is 372 g/mol. The highest BCUT2D eigenvalue weighted by Crippen LogP contribution is 2.32.